The van der Waals surface area contributed by atoms with Gasteiger partial charge in [-0.05, 0) is 78.0 Å². The zero-order chi connectivity index (χ0) is 31.0. The maximum Gasteiger partial charge on any atom is 0.408 e. The van der Waals surface area contributed by atoms with Crippen LogP contribution in [0.25, 0.3) is 0 Å². The van der Waals surface area contributed by atoms with Crippen LogP contribution in [0.1, 0.15) is 89.1 Å². The summed E-state index contributed by atoms with van der Waals surface area (Å²) < 4.78 is 5.41. The number of amides is 4. The Morgan fingerprint density at radius 1 is 0.976 bits per heavy atom. The van der Waals surface area contributed by atoms with Crippen LogP contribution in [0.15, 0.2) is 48.5 Å². The average molecular weight is 567 g/mol. The molecule has 2 unspecified atom stereocenters. The minimum atomic E-state index is -1.15. The smallest absolute Gasteiger partial charge is 0.408 e. The predicted octanol–water partition coefficient (Wildman–Crippen LogP) is 4.84. The molecule has 0 spiro atoms. The summed E-state index contributed by atoms with van der Waals surface area (Å²) in [6.07, 6.45) is -0.469. The fraction of sp³-hybridized carbons (Fsp3) is 0.500. The van der Waals surface area contributed by atoms with Gasteiger partial charge in [0, 0.05) is 18.5 Å². The number of hydrogen-bond acceptors (Lipinski definition) is 5. The highest BCUT2D eigenvalue weighted by Gasteiger charge is 2.43. The first-order chi connectivity index (χ1) is 19.1. The number of nitrogens with zero attached hydrogens (tertiary/aromatic N) is 1. The molecule has 0 heterocycles. The fourth-order valence-corrected chi connectivity index (χ4v) is 4.52. The summed E-state index contributed by atoms with van der Waals surface area (Å²) in [5, 5.41) is 5.65. The third-order valence-electron chi connectivity index (χ3n) is 6.96. The lowest BCUT2D eigenvalue weighted by molar-refractivity contribution is -0.149. The summed E-state index contributed by atoms with van der Waals surface area (Å²) >= 11 is 0. The van der Waals surface area contributed by atoms with Crippen molar-refractivity contribution in [2.45, 2.75) is 104 Å². The number of carbonyl (C=O) groups is 4. The number of alkyl carbamates (subject to hydrolysis) is 1. The number of aryl methyl sites for hydroxylation is 2. The zero-order valence-electron chi connectivity index (χ0n) is 25.7. The Hall–Kier alpha value is -3.88. The van der Waals surface area contributed by atoms with Gasteiger partial charge in [-0.15, -0.1) is 0 Å². The Kier molecular flexibility index (Phi) is 11.5. The summed E-state index contributed by atoms with van der Waals surface area (Å²) in [6, 6.07) is 13.1. The van der Waals surface area contributed by atoms with E-state index >= 15 is 0 Å². The second-order valence-electron chi connectivity index (χ2n) is 12.0. The van der Waals surface area contributed by atoms with Gasteiger partial charge in [0.25, 0.3) is 0 Å². The van der Waals surface area contributed by atoms with Crippen LogP contribution in [0.4, 0.5) is 4.79 Å². The quantitative estimate of drug-likeness (QED) is 0.339. The molecule has 41 heavy (non-hydrogen) atoms. The maximum atomic E-state index is 14.5. The van der Waals surface area contributed by atoms with E-state index in [9.17, 15) is 19.2 Å². The zero-order valence-corrected chi connectivity index (χ0v) is 25.7. The number of nitrogens with two attached hydrogens (primary N) is 1. The lowest BCUT2D eigenvalue weighted by atomic mass is 9.89. The third-order valence-corrected chi connectivity index (χ3v) is 6.96. The Labute approximate surface area is 244 Å². The summed E-state index contributed by atoms with van der Waals surface area (Å²) in [5.41, 5.74) is 7.25. The van der Waals surface area contributed by atoms with Gasteiger partial charge in [0.05, 0.1) is 0 Å². The van der Waals surface area contributed by atoms with Gasteiger partial charge in [-0.3, -0.25) is 14.4 Å². The Balaban J connectivity index is 2.62. The van der Waals surface area contributed by atoms with Gasteiger partial charge < -0.3 is 26.0 Å². The summed E-state index contributed by atoms with van der Waals surface area (Å²) in [4.78, 5) is 54.6. The highest BCUT2D eigenvalue weighted by atomic mass is 16.6. The van der Waals surface area contributed by atoms with Crippen molar-refractivity contribution < 1.29 is 23.9 Å². The SMILES string of the molecule is CCC(C)(C)N(C(=O)C(CCC(N)=O)NC(=O)OC(C)(C)C)C(C(=O)NCc1ccccc1)c1ccc(C)cc1C. The Morgan fingerprint density at radius 3 is 2.15 bits per heavy atom. The fourth-order valence-electron chi connectivity index (χ4n) is 4.52. The lowest BCUT2D eigenvalue weighted by Crippen LogP contribution is -2.59. The first-order valence-corrected chi connectivity index (χ1v) is 14.1. The van der Waals surface area contributed by atoms with Crippen molar-refractivity contribution in [1.82, 2.24) is 15.5 Å². The lowest BCUT2D eigenvalue weighted by Gasteiger charge is -2.45. The van der Waals surface area contributed by atoms with E-state index in [0.717, 1.165) is 16.7 Å². The molecule has 2 atom stereocenters. The molecular weight excluding hydrogens is 520 g/mol. The van der Waals surface area contributed by atoms with Crippen LogP contribution >= 0.6 is 0 Å². The van der Waals surface area contributed by atoms with Crippen LogP contribution in [0.2, 0.25) is 0 Å². The number of rotatable bonds is 12. The molecule has 0 aliphatic rings. The van der Waals surface area contributed by atoms with Crippen LogP contribution in [-0.4, -0.2) is 45.9 Å². The second-order valence-corrected chi connectivity index (χ2v) is 12.0. The topological polar surface area (TPSA) is 131 Å². The minimum Gasteiger partial charge on any atom is -0.444 e. The van der Waals surface area contributed by atoms with Gasteiger partial charge in [-0.1, -0.05) is 61.0 Å². The van der Waals surface area contributed by atoms with Crippen molar-refractivity contribution in [2.24, 2.45) is 5.73 Å². The predicted molar refractivity (Wildman–Crippen MR) is 160 cm³/mol. The largest absolute Gasteiger partial charge is 0.444 e. The van der Waals surface area contributed by atoms with Crippen LogP contribution < -0.4 is 16.4 Å². The molecule has 0 saturated heterocycles. The van der Waals surface area contributed by atoms with Gasteiger partial charge in [-0.25, -0.2) is 4.79 Å². The van der Waals surface area contributed by atoms with Crippen molar-refractivity contribution in [3.8, 4) is 0 Å². The highest BCUT2D eigenvalue weighted by molar-refractivity contribution is 5.93. The van der Waals surface area contributed by atoms with E-state index in [1.807, 2.05) is 83.1 Å². The summed E-state index contributed by atoms with van der Waals surface area (Å²) in [5.74, 6) is -1.48. The van der Waals surface area contributed by atoms with Gasteiger partial charge in [0.2, 0.25) is 17.7 Å². The average Bonchev–Trinajstić information content (AvgIpc) is 2.87. The maximum absolute atomic E-state index is 14.5. The first kappa shape index (κ1) is 33.3. The minimum absolute atomic E-state index is 0.0467. The van der Waals surface area contributed by atoms with E-state index in [2.05, 4.69) is 10.6 Å². The molecule has 2 aromatic rings. The van der Waals surface area contributed by atoms with Gasteiger partial charge in [0.1, 0.15) is 17.7 Å². The molecule has 0 bridgehead atoms. The molecule has 4 N–H and O–H groups in total. The monoisotopic (exact) mass is 566 g/mol. The second kappa shape index (κ2) is 14.1. The molecule has 0 aliphatic heterocycles. The molecule has 224 valence electrons. The molecule has 0 aliphatic carbocycles. The molecular formula is C32H46N4O5. The number of hydrogen-bond donors (Lipinski definition) is 3. The summed E-state index contributed by atoms with van der Waals surface area (Å²) in [6.45, 7) is 15.0. The van der Waals surface area contributed by atoms with Gasteiger partial charge >= 0.3 is 6.09 Å². The van der Waals surface area contributed by atoms with Crippen molar-refractivity contribution in [3.63, 3.8) is 0 Å². The molecule has 4 amide bonds. The summed E-state index contributed by atoms with van der Waals surface area (Å²) in [7, 11) is 0. The standard InChI is InChI=1S/C32H46N4O5/c1-9-32(7,8)36(29(39)25(17-18-26(33)37)35-30(40)41-31(4,5)6)27(24-16-15-21(2)19-22(24)3)28(38)34-20-23-13-11-10-12-14-23/h10-16,19,25,27H,9,17-18,20H2,1-8H3,(H2,33,37)(H,34,38)(H,35,40). The number of ether oxygens (including phenoxy) is 1. The van der Waals surface area contributed by atoms with E-state index < -0.39 is 41.1 Å². The van der Waals surface area contributed by atoms with E-state index in [1.165, 1.54) is 4.90 Å². The van der Waals surface area contributed by atoms with E-state index in [-0.39, 0.29) is 25.3 Å². The van der Waals surface area contributed by atoms with Gasteiger partial charge in [-0.2, -0.15) is 0 Å². The Morgan fingerprint density at radius 2 is 1.61 bits per heavy atom. The molecule has 0 aromatic heterocycles. The number of benzene rings is 2. The van der Waals surface area contributed by atoms with Crippen LogP contribution in [-0.2, 0) is 25.7 Å². The van der Waals surface area contributed by atoms with Gasteiger partial charge in [0.15, 0.2) is 0 Å². The molecule has 9 nitrogen and oxygen atoms in total. The van der Waals surface area contributed by atoms with Crippen LogP contribution in [0.3, 0.4) is 0 Å². The Bertz CT molecular complexity index is 1220. The van der Waals surface area contributed by atoms with E-state index in [1.54, 1.807) is 20.8 Å². The third kappa shape index (κ3) is 9.92. The number of nitrogens with one attached hydrogen (secondary N) is 2. The molecule has 9 heteroatoms. The van der Waals surface area contributed by atoms with Crippen molar-refractivity contribution in [3.05, 3.63) is 70.8 Å². The molecule has 0 radical (unpaired) electrons. The molecule has 0 fully saturated rings. The first-order valence-electron chi connectivity index (χ1n) is 14.1. The van der Waals surface area contributed by atoms with Crippen molar-refractivity contribution in [2.75, 3.05) is 0 Å². The molecule has 2 rings (SSSR count). The highest BCUT2D eigenvalue weighted by Crippen LogP contribution is 2.34. The number of primary amides is 1. The van der Waals surface area contributed by atoms with Crippen molar-refractivity contribution in [1.29, 1.82) is 0 Å². The molecule has 2 aromatic carbocycles. The van der Waals surface area contributed by atoms with E-state index in [4.69, 9.17) is 10.5 Å². The van der Waals surface area contributed by atoms with Crippen molar-refractivity contribution >= 4 is 23.8 Å². The van der Waals surface area contributed by atoms with Crippen LogP contribution in [0.5, 0.6) is 0 Å². The van der Waals surface area contributed by atoms with E-state index in [0.29, 0.717) is 12.0 Å². The van der Waals surface area contributed by atoms with Crippen LogP contribution in [0, 0.1) is 13.8 Å². The molecule has 0 saturated carbocycles. The number of carbonyl (C=O) groups excluding carboxylic acids is 4. The normalized spacial score (nSPS) is 13.1.